The predicted octanol–water partition coefficient (Wildman–Crippen LogP) is 1.67. The highest BCUT2D eigenvalue weighted by Gasteiger charge is 2.29. The van der Waals surface area contributed by atoms with Crippen molar-refractivity contribution in [1.82, 2.24) is 5.32 Å². The van der Waals surface area contributed by atoms with Gasteiger partial charge in [-0.15, -0.1) is 0 Å². The smallest absolute Gasteiger partial charge is 0.251 e. The summed E-state index contributed by atoms with van der Waals surface area (Å²) in [4.78, 5) is 36.6. The molecule has 134 valence electrons. The summed E-state index contributed by atoms with van der Waals surface area (Å²) in [7, 11) is -3.07. The average molecular weight is 371 g/mol. The number of hydrogen-bond acceptors (Lipinski definition) is 5. The molecule has 1 atom stereocenters. The third-order valence-electron chi connectivity index (χ3n) is 4.22. The van der Waals surface area contributed by atoms with E-state index in [2.05, 4.69) is 5.32 Å². The fourth-order valence-corrected chi connectivity index (χ4v) is 4.48. The van der Waals surface area contributed by atoms with Gasteiger partial charge in [-0.25, -0.2) is 8.42 Å². The van der Waals surface area contributed by atoms with E-state index >= 15 is 0 Å². The van der Waals surface area contributed by atoms with Crippen LogP contribution < -0.4 is 5.32 Å². The molecule has 0 bridgehead atoms. The molecule has 1 heterocycles. The lowest BCUT2D eigenvalue weighted by molar-refractivity contribution is 0.0817. The fraction of sp³-hybridized carbons (Fsp3) is 0.211. The highest BCUT2D eigenvalue weighted by atomic mass is 32.2. The van der Waals surface area contributed by atoms with E-state index in [9.17, 15) is 22.8 Å². The molecule has 0 spiro atoms. The van der Waals surface area contributed by atoms with Gasteiger partial charge >= 0.3 is 0 Å². The number of carbonyl (C=O) groups excluding carboxylic acids is 3. The number of nitrogens with one attached hydrogen (secondary N) is 1. The highest BCUT2D eigenvalue weighted by Crippen LogP contribution is 2.13. The molecule has 2 aromatic rings. The van der Waals surface area contributed by atoms with Crippen LogP contribution in [0.4, 0.5) is 0 Å². The summed E-state index contributed by atoms with van der Waals surface area (Å²) < 4.78 is 22.9. The maximum absolute atomic E-state index is 12.3. The van der Waals surface area contributed by atoms with Gasteiger partial charge in [0.15, 0.2) is 9.84 Å². The van der Waals surface area contributed by atoms with E-state index in [1.807, 2.05) is 0 Å². The van der Waals surface area contributed by atoms with Gasteiger partial charge in [-0.2, -0.15) is 0 Å². The van der Waals surface area contributed by atoms with Gasteiger partial charge in [0, 0.05) is 22.7 Å². The second-order valence-corrected chi connectivity index (χ2v) is 8.40. The van der Waals surface area contributed by atoms with Gasteiger partial charge in [0.25, 0.3) is 5.91 Å². The number of ketones is 2. The van der Waals surface area contributed by atoms with Crippen LogP contribution in [0.1, 0.15) is 37.5 Å². The molecule has 1 aliphatic rings. The van der Waals surface area contributed by atoms with Crippen molar-refractivity contribution < 1.29 is 22.8 Å². The Morgan fingerprint density at radius 3 is 1.88 bits per heavy atom. The Hall–Kier alpha value is -2.80. The zero-order valence-corrected chi connectivity index (χ0v) is 14.7. The van der Waals surface area contributed by atoms with Gasteiger partial charge in [0.05, 0.1) is 11.5 Å². The zero-order valence-electron chi connectivity index (χ0n) is 13.8. The SMILES string of the molecule is O=C(N[C@@H]1CCS(=O)(=O)C1)c1ccc(C(=O)C(=O)c2ccccc2)cc1. The number of hydrogen-bond donors (Lipinski definition) is 1. The second-order valence-electron chi connectivity index (χ2n) is 6.18. The molecule has 3 rings (SSSR count). The Balaban J connectivity index is 1.67. The Bertz CT molecular complexity index is 949. The number of benzene rings is 2. The van der Waals surface area contributed by atoms with Gasteiger partial charge in [0.2, 0.25) is 11.6 Å². The average Bonchev–Trinajstić information content (AvgIpc) is 2.99. The van der Waals surface area contributed by atoms with Gasteiger partial charge < -0.3 is 5.32 Å². The Kier molecular flexibility index (Phi) is 4.99. The molecule has 6 nitrogen and oxygen atoms in total. The minimum absolute atomic E-state index is 0.0547. The molecule has 0 radical (unpaired) electrons. The van der Waals surface area contributed by atoms with E-state index in [0.717, 1.165) is 0 Å². The number of Topliss-reactive ketones (excluding diaryl/α,β-unsaturated/α-hetero) is 2. The molecule has 0 saturated carbocycles. The van der Waals surface area contributed by atoms with Crippen LogP contribution in [0.15, 0.2) is 54.6 Å². The first-order chi connectivity index (χ1) is 12.4. The molecule has 2 aromatic carbocycles. The fourth-order valence-electron chi connectivity index (χ4n) is 2.80. The van der Waals surface area contributed by atoms with Crippen LogP contribution in [-0.4, -0.2) is 43.4 Å². The number of carbonyl (C=O) groups is 3. The second kappa shape index (κ2) is 7.21. The lowest BCUT2D eigenvalue weighted by Crippen LogP contribution is -2.35. The number of rotatable bonds is 5. The summed E-state index contributed by atoms with van der Waals surface area (Å²) >= 11 is 0. The predicted molar refractivity (Wildman–Crippen MR) is 96.1 cm³/mol. The van der Waals surface area contributed by atoms with Crippen LogP contribution >= 0.6 is 0 Å². The van der Waals surface area contributed by atoms with Crippen molar-refractivity contribution in [2.45, 2.75) is 12.5 Å². The largest absolute Gasteiger partial charge is 0.348 e. The molecule has 1 amide bonds. The van der Waals surface area contributed by atoms with E-state index in [1.165, 1.54) is 24.3 Å². The molecule has 1 fully saturated rings. The Morgan fingerprint density at radius 2 is 1.35 bits per heavy atom. The summed E-state index contributed by atoms with van der Waals surface area (Å²) in [5.74, 6) is -1.64. The van der Waals surface area contributed by atoms with Gasteiger partial charge in [-0.1, -0.05) is 42.5 Å². The molecule has 26 heavy (non-hydrogen) atoms. The summed E-state index contributed by atoms with van der Waals surface area (Å²) in [6.45, 7) is 0. The Morgan fingerprint density at radius 1 is 0.808 bits per heavy atom. The lowest BCUT2D eigenvalue weighted by Gasteiger charge is -2.11. The summed E-state index contributed by atoms with van der Waals surface area (Å²) in [6, 6.07) is 13.6. The van der Waals surface area contributed by atoms with Crippen LogP contribution in [0, 0.1) is 0 Å². The summed E-state index contributed by atoms with van der Waals surface area (Å²) in [5, 5.41) is 2.68. The Labute approximate surface area is 151 Å². The maximum Gasteiger partial charge on any atom is 0.251 e. The molecular formula is C19H17NO5S. The van der Waals surface area contributed by atoms with E-state index in [4.69, 9.17) is 0 Å². The van der Waals surface area contributed by atoms with Gasteiger partial charge in [-0.3, -0.25) is 14.4 Å². The monoisotopic (exact) mass is 371 g/mol. The minimum Gasteiger partial charge on any atom is -0.348 e. The van der Waals surface area contributed by atoms with Crippen LogP contribution in [-0.2, 0) is 9.84 Å². The maximum atomic E-state index is 12.3. The van der Waals surface area contributed by atoms with Crippen molar-refractivity contribution in [3.05, 3.63) is 71.3 Å². The zero-order chi connectivity index (χ0) is 18.7. The first kappa shape index (κ1) is 18.0. The molecular weight excluding hydrogens is 354 g/mol. The lowest BCUT2D eigenvalue weighted by atomic mass is 10.0. The number of sulfone groups is 1. The molecule has 1 saturated heterocycles. The first-order valence-corrected chi connectivity index (χ1v) is 9.93. The van der Waals surface area contributed by atoms with Crippen molar-refractivity contribution in [3.63, 3.8) is 0 Å². The third-order valence-corrected chi connectivity index (χ3v) is 5.99. The van der Waals surface area contributed by atoms with E-state index in [0.29, 0.717) is 17.5 Å². The third kappa shape index (κ3) is 4.05. The van der Waals surface area contributed by atoms with Crippen LogP contribution in [0.5, 0.6) is 0 Å². The van der Waals surface area contributed by atoms with E-state index < -0.39 is 33.4 Å². The standard InChI is InChI=1S/C19H17NO5S/c21-17(13-4-2-1-3-5-13)18(22)14-6-8-15(9-7-14)19(23)20-16-10-11-26(24,25)12-16/h1-9,16H,10-12H2,(H,20,23)/t16-/m1/s1. The molecule has 0 aliphatic carbocycles. The van der Waals surface area contributed by atoms with Crippen molar-refractivity contribution in [2.75, 3.05) is 11.5 Å². The van der Waals surface area contributed by atoms with Crippen molar-refractivity contribution in [2.24, 2.45) is 0 Å². The van der Waals surface area contributed by atoms with Crippen molar-refractivity contribution in [1.29, 1.82) is 0 Å². The number of amides is 1. The summed E-state index contributed by atoms with van der Waals surface area (Å²) in [5.41, 5.74) is 0.804. The minimum atomic E-state index is -3.07. The molecule has 1 N–H and O–H groups in total. The first-order valence-electron chi connectivity index (χ1n) is 8.11. The quantitative estimate of drug-likeness (QED) is 0.637. The van der Waals surface area contributed by atoms with Crippen LogP contribution in [0.25, 0.3) is 0 Å². The molecule has 0 aromatic heterocycles. The normalized spacial score (nSPS) is 18.2. The molecule has 1 aliphatic heterocycles. The molecule has 0 unspecified atom stereocenters. The molecule has 7 heteroatoms. The van der Waals surface area contributed by atoms with Crippen molar-refractivity contribution in [3.8, 4) is 0 Å². The van der Waals surface area contributed by atoms with Crippen LogP contribution in [0.2, 0.25) is 0 Å². The topological polar surface area (TPSA) is 97.4 Å². The van der Waals surface area contributed by atoms with Gasteiger partial charge in [0.1, 0.15) is 0 Å². The van der Waals surface area contributed by atoms with Gasteiger partial charge in [-0.05, 0) is 18.6 Å². The van der Waals surface area contributed by atoms with Crippen LogP contribution in [0.3, 0.4) is 0 Å². The summed E-state index contributed by atoms with van der Waals surface area (Å²) in [6.07, 6.45) is 0.399. The van der Waals surface area contributed by atoms with E-state index in [-0.39, 0.29) is 17.1 Å². The van der Waals surface area contributed by atoms with E-state index in [1.54, 1.807) is 30.3 Å². The highest BCUT2D eigenvalue weighted by molar-refractivity contribution is 7.91. The van der Waals surface area contributed by atoms with Crippen molar-refractivity contribution >= 4 is 27.3 Å².